The first kappa shape index (κ1) is 11.0. The topological polar surface area (TPSA) is 26.0 Å². The van der Waals surface area contributed by atoms with Crippen molar-refractivity contribution < 1.29 is 0 Å². The molecule has 0 radical (unpaired) electrons. The van der Waals surface area contributed by atoms with Crippen molar-refractivity contribution in [3.63, 3.8) is 0 Å². The minimum Gasteiger partial charge on any atom is -0.328 e. The predicted molar refractivity (Wildman–Crippen MR) is 67.5 cm³/mol. The molecule has 0 aliphatic carbocycles. The molecule has 0 bridgehead atoms. The molecule has 1 aromatic carbocycles. The van der Waals surface area contributed by atoms with Gasteiger partial charge in [-0.25, -0.2) is 0 Å². The van der Waals surface area contributed by atoms with E-state index >= 15 is 0 Å². The van der Waals surface area contributed by atoms with Crippen molar-refractivity contribution in [1.82, 2.24) is 0 Å². The van der Waals surface area contributed by atoms with Gasteiger partial charge in [-0.05, 0) is 55.6 Å². The van der Waals surface area contributed by atoms with Gasteiger partial charge in [0.25, 0.3) is 0 Å². The summed E-state index contributed by atoms with van der Waals surface area (Å²) in [4.78, 5) is 1.49. The Kier molecular flexibility index (Phi) is 3.71. The summed E-state index contributed by atoms with van der Waals surface area (Å²) < 4.78 is 0. The molecule has 0 spiro atoms. The lowest BCUT2D eigenvalue weighted by molar-refractivity contribution is 0.665. The Labute approximate surface area is 96.4 Å². The molecular formula is C13H19NS. The van der Waals surface area contributed by atoms with Crippen LogP contribution in [0.2, 0.25) is 0 Å². The molecule has 1 nitrogen and oxygen atoms in total. The second-order valence-electron chi connectivity index (χ2n) is 4.41. The van der Waals surface area contributed by atoms with Crippen molar-refractivity contribution in [2.75, 3.05) is 5.75 Å². The molecule has 2 rings (SSSR count). The molecule has 1 aromatic rings. The monoisotopic (exact) mass is 221 g/mol. The van der Waals surface area contributed by atoms with Gasteiger partial charge >= 0.3 is 0 Å². The molecule has 2 N–H and O–H groups in total. The zero-order valence-corrected chi connectivity index (χ0v) is 10.1. The Morgan fingerprint density at radius 2 is 2.33 bits per heavy atom. The first-order valence-electron chi connectivity index (χ1n) is 5.76. The lowest BCUT2D eigenvalue weighted by Gasteiger charge is -2.16. The molecule has 15 heavy (non-hydrogen) atoms. The minimum atomic E-state index is 0.315. The van der Waals surface area contributed by atoms with E-state index in [2.05, 4.69) is 25.1 Å². The highest BCUT2D eigenvalue weighted by Crippen LogP contribution is 2.30. The number of fused-ring (bicyclic) bond motifs is 1. The van der Waals surface area contributed by atoms with E-state index in [0.717, 1.165) is 12.8 Å². The molecule has 1 aliphatic rings. The number of thioether (sulfide) groups is 1. The SMILES string of the molecule is CC(N)CCc1ccc2c(c1)CCCS2. The molecule has 2 heteroatoms. The summed E-state index contributed by atoms with van der Waals surface area (Å²) in [7, 11) is 0. The van der Waals surface area contributed by atoms with Crippen molar-refractivity contribution >= 4 is 11.8 Å². The first-order valence-corrected chi connectivity index (χ1v) is 6.74. The third kappa shape index (κ3) is 2.99. The lowest BCUT2D eigenvalue weighted by atomic mass is 10.0. The maximum absolute atomic E-state index is 5.77. The number of benzene rings is 1. The van der Waals surface area contributed by atoms with E-state index in [9.17, 15) is 0 Å². The number of aryl methyl sites for hydroxylation is 2. The summed E-state index contributed by atoms with van der Waals surface area (Å²) in [5, 5.41) is 0. The van der Waals surface area contributed by atoms with Crippen LogP contribution in [0.4, 0.5) is 0 Å². The van der Waals surface area contributed by atoms with Gasteiger partial charge in [-0.1, -0.05) is 12.1 Å². The van der Waals surface area contributed by atoms with Crippen LogP contribution in [0.1, 0.15) is 30.9 Å². The molecule has 1 atom stereocenters. The van der Waals surface area contributed by atoms with Crippen molar-refractivity contribution in [1.29, 1.82) is 0 Å². The van der Waals surface area contributed by atoms with E-state index in [-0.39, 0.29) is 0 Å². The van der Waals surface area contributed by atoms with Gasteiger partial charge in [0.15, 0.2) is 0 Å². The third-order valence-electron chi connectivity index (χ3n) is 2.86. The molecule has 0 fully saturated rings. The number of rotatable bonds is 3. The zero-order valence-electron chi connectivity index (χ0n) is 9.33. The fourth-order valence-corrected chi connectivity index (χ4v) is 2.98. The van der Waals surface area contributed by atoms with Gasteiger partial charge in [0.2, 0.25) is 0 Å². The van der Waals surface area contributed by atoms with Crippen LogP contribution in [0.25, 0.3) is 0 Å². The molecule has 1 unspecified atom stereocenters. The molecule has 82 valence electrons. The summed E-state index contributed by atoms with van der Waals surface area (Å²) in [5.41, 5.74) is 8.78. The quantitative estimate of drug-likeness (QED) is 0.849. The molecule has 0 aromatic heterocycles. The zero-order chi connectivity index (χ0) is 10.7. The number of nitrogens with two attached hydrogens (primary N) is 1. The average molecular weight is 221 g/mol. The van der Waals surface area contributed by atoms with E-state index < -0.39 is 0 Å². The predicted octanol–water partition coefficient (Wildman–Crippen LogP) is 3.00. The van der Waals surface area contributed by atoms with Crippen molar-refractivity contribution in [3.8, 4) is 0 Å². The smallest absolute Gasteiger partial charge is 0.0104 e. The highest BCUT2D eigenvalue weighted by Gasteiger charge is 2.09. The standard InChI is InChI=1S/C13H19NS/c1-10(14)4-5-11-6-7-13-12(9-11)3-2-8-15-13/h6-7,9-10H,2-5,8,14H2,1H3. The Balaban J connectivity index is 2.07. The maximum atomic E-state index is 5.77. The van der Waals surface area contributed by atoms with E-state index in [1.807, 2.05) is 11.8 Å². The average Bonchev–Trinajstić information content (AvgIpc) is 2.26. The van der Waals surface area contributed by atoms with Crippen molar-refractivity contribution in [3.05, 3.63) is 29.3 Å². The van der Waals surface area contributed by atoms with E-state index in [4.69, 9.17) is 5.73 Å². The minimum absolute atomic E-state index is 0.315. The van der Waals surface area contributed by atoms with Gasteiger partial charge in [0, 0.05) is 10.9 Å². The normalized spacial score (nSPS) is 17.2. The van der Waals surface area contributed by atoms with Crippen LogP contribution in [0.3, 0.4) is 0 Å². The molecular weight excluding hydrogens is 202 g/mol. The Bertz CT molecular complexity index is 333. The molecule has 0 amide bonds. The summed E-state index contributed by atoms with van der Waals surface area (Å²) in [6, 6.07) is 7.24. The first-order chi connectivity index (χ1) is 7.25. The van der Waals surface area contributed by atoms with Crippen LogP contribution in [-0.2, 0) is 12.8 Å². The van der Waals surface area contributed by atoms with Crippen molar-refractivity contribution in [2.45, 2.75) is 43.5 Å². The van der Waals surface area contributed by atoms with E-state index in [1.165, 1.54) is 29.1 Å². The Morgan fingerprint density at radius 1 is 1.47 bits per heavy atom. The molecule has 1 aliphatic heterocycles. The Hall–Kier alpha value is -0.470. The van der Waals surface area contributed by atoms with Gasteiger partial charge in [-0.15, -0.1) is 11.8 Å². The van der Waals surface area contributed by atoms with Gasteiger partial charge in [-0.3, -0.25) is 0 Å². The molecule has 1 heterocycles. The van der Waals surface area contributed by atoms with E-state index in [1.54, 1.807) is 5.56 Å². The molecule has 0 saturated carbocycles. The highest BCUT2D eigenvalue weighted by atomic mass is 32.2. The van der Waals surface area contributed by atoms with Crippen LogP contribution < -0.4 is 5.73 Å². The fourth-order valence-electron chi connectivity index (χ4n) is 1.96. The second-order valence-corrected chi connectivity index (χ2v) is 5.55. The summed E-state index contributed by atoms with van der Waals surface area (Å²) >= 11 is 2.00. The third-order valence-corrected chi connectivity index (χ3v) is 4.06. The van der Waals surface area contributed by atoms with Gasteiger partial charge < -0.3 is 5.73 Å². The fraction of sp³-hybridized carbons (Fsp3) is 0.538. The van der Waals surface area contributed by atoms with Crippen LogP contribution in [-0.4, -0.2) is 11.8 Å². The van der Waals surface area contributed by atoms with E-state index in [0.29, 0.717) is 6.04 Å². The Morgan fingerprint density at radius 3 is 3.13 bits per heavy atom. The van der Waals surface area contributed by atoms with Crippen molar-refractivity contribution in [2.24, 2.45) is 5.73 Å². The summed E-state index contributed by atoms with van der Waals surface area (Å²) in [6.45, 7) is 2.08. The van der Waals surface area contributed by atoms with Crippen LogP contribution in [0.5, 0.6) is 0 Å². The van der Waals surface area contributed by atoms with Gasteiger partial charge in [0.1, 0.15) is 0 Å². The number of hydrogen-bond acceptors (Lipinski definition) is 2. The van der Waals surface area contributed by atoms with Gasteiger partial charge in [-0.2, -0.15) is 0 Å². The lowest BCUT2D eigenvalue weighted by Crippen LogP contribution is -2.15. The van der Waals surface area contributed by atoms with Crippen LogP contribution >= 0.6 is 11.8 Å². The highest BCUT2D eigenvalue weighted by molar-refractivity contribution is 7.99. The number of hydrogen-bond donors (Lipinski definition) is 1. The largest absolute Gasteiger partial charge is 0.328 e. The maximum Gasteiger partial charge on any atom is 0.0104 e. The summed E-state index contributed by atoms with van der Waals surface area (Å²) in [6.07, 6.45) is 4.80. The van der Waals surface area contributed by atoms with Gasteiger partial charge in [0.05, 0.1) is 0 Å². The summed E-state index contributed by atoms with van der Waals surface area (Å²) in [5.74, 6) is 1.28. The van der Waals surface area contributed by atoms with Crippen LogP contribution in [0.15, 0.2) is 23.1 Å². The van der Waals surface area contributed by atoms with Crippen LogP contribution in [0, 0.1) is 0 Å². The second kappa shape index (κ2) is 5.04. The molecule has 0 saturated heterocycles.